The second kappa shape index (κ2) is 18.1. The summed E-state index contributed by atoms with van der Waals surface area (Å²) in [6.45, 7) is 5.07. The maximum Gasteiger partial charge on any atom is 0.248 e. The van der Waals surface area contributed by atoms with Crippen molar-refractivity contribution in [3.05, 3.63) is 150 Å². The van der Waals surface area contributed by atoms with E-state index in [4.69, 9.17) is 28.4 Å². The highest BCUT2D eigenvalue weighted by molar-refractivity contribution is 5.90. The third kappa shape index (κ3) is 7.86. The van der Waals surface area contributed by atoms with Gasteiger partial charge >= 0.3 is 0 Å². The van der Waals surface area contributed by atoms with Crippen LogP contribution in [0.15, 0.2) is 132 Å². The van der Waals surface area contributed by atoms with Gasteiger partial charge in [-0.15, -0.1) is 29.5 Å². The summed E-state index contributed by atoms with van der Waals surface area (Å²) in [5.41, 5.74) is 12.1. The number of ether oxygens (including phenoxy) is 1. The Kier molecular flexibility index (Phi) is 11.7. The van der Waals surface area contributed by atoms with Gasteiger partial charge in [0.25, 0.3) is 0 Å². The van der Waals surface area contributed by atoms with Gasteiger partial charge in [0.15, 0.2) is 0 Å². The molecule has 310 valence electrons. The van der Waals surface area contributed by atoms with Crippen molar-refractivity contribution < 1.29 is 9.15 Å². The molecule has 0 saturated carbocycles. The highest BCUT2D eigenvalue weighted by Crippen LogP contribution is 2.52. The minimum Gasteiger partial charge on any atom is -0.494 e. The predicted octanol–water partition coefficient (Wildman–Crippen LogP) is 12.9. The van der Waals surface area contributed by atoms with Gasteiger partial charge in [0, 0.05) is 11.1 Å². The van der Waals surface area contributed by atoms with Gasteiger partial charge in [0.1, 0.15) is 11.2 Å². The molecule has 1 aromatic heterocycles. The van der Waals surface area contributed by atoms with Gasteiger partial charge in [-0.05, 0) is 170 Å². The lowest BCUT2D eigenvalue weighted by molar-refractivity contribution is 0.304. The third-order valence-electron chi connectivity index (χ3n) is 12.5. The molecule has 0 bridgehead atoms. The van der Waals surface area contributed by atoms with Crippen LogP contribution in [0.1, 0.15) is 74.6 Å². The predicted molar refractivity (Wildman–Crippen MR) is 263 cm³/mol. The van der Waals surface area contributed by atoms with Crippen molar-refractivity contribution in [3.8, 4) is 146 Å². The SMILES string of the molecule is C#CC#CC1(C)c2ccccc2-c2ccc(-c3cc(-c4ccc5c(c4)C(C#CC#C)(C#CC#C)c4ccccc4-5)cc(-c4nnc(-c5ccc(OCCCCCCCC)cc5)o4)c3)cc21. The maximum atomic E-state index is 6.48. The Bertz CT molecular complexity index is 3280. The zero-order chi connectivity index (χ0) is 44.8. The molecule has 1 unspecified atom stereocenters. The van der Waals surface area contributed by atoms with Gasteiger partial charge in [-0.2, -0.15) is 0 Å². The first-order valence-corrected chi connectivity index (χ1v) is 22.1. The Morgan fingerprint density at radius 2 is 1.00 bits per heavy atom. The van der Waals surface area contributed by atoms with Gasteiger partial charge < -0.3 is 9.15 Å². The largest absolute Gasteiger partial charge is 0.494 e. The topological polar surface area (TPSA) is 48.2 Å². The van der Waals surface area contributed by atoms with Crippen molar-refractivity contribution in [2.45, 2.75) is 63.2 Å². The number of nitrogens with zero attached hydrogens (tertiary/aromatic N) is 2. The Morgan fingerprint density at radius 1 is 0.492 bits per heavy atom. The molecule has 2 aliphatic carbocycles. The van der Waals surface area contributed by atoms with Crippen LogP contribution in [0.25, 0.3) is 67.4 Å². The Balaban J connectivity index is 1.14. The number of aromatic nitrogens is 2. The molecular weight excluding hydrogens is 793 g/mol. The minimum absolute atomic E-state index is 0.382. The minimum atomic E-state index is -1.03. The molecule has 0 N–H and O–H groups in total. The lowest BCUT2D eigenvalue weighted by Crippen LogP contribution is -2.21. The monoisotopic (exact) mass is 836 g/mol. The van der Waals surface area contributed by atoms with E-state index in [1.54, 1.807) is 0 Å². The average molecular weight is 837 g/mol. The van der Waals surface area contributed by atoms with Gasteiger partial charge in [-0.1, -0.05) is 130 Å². The molecule has 0 radical (unpaired) electrons. The summed E-state index contributed by atoms with van der Waals surface area (Å²) < 4.78 is 12.5. The van der Waals surface area contributed by atoms with E-state index in [-0.39, 0.29) is 0 Å². The summed E-state index contributed by atoms with van der Waals surface area (Å²) in [4.78, 5) is 0. The van der Waals surface area contributed by atoms with Gasteiger partial charge in [-0.3, -0.25) is 0 Å². The second-order valence-corrected chi connectivity index (χ2v) is 16.5. The van der Waals surface area contributed by atoms with E-state index in [9.17, 15) is 0 Å². The summed E-state index contributed by atoms with van der Waals surface area (Å²) in [6.07, 6.45) is 24.4. The molecular formula is C61H44N2O2. The summed E-state index contributed by atoms with van der Waals surface area (Å²) in [6, 6.07) is 43.7. The lowest BCUT2D eigenvalue weighted by atomic mass is 9.78. The maximum absolute atomic E-state index is 6.48. The van der Waals surface area contributed by atoms with E-state index in [2.05, 4.69) is 162 Å². The molecule has 0 amide bonds. The fourth-order valence-corrected chi connectivity index (χ4v) is 9.29. The standard InChI is InChI=1S/C61H44N2O2/c1-6-10-14-15-16-21-37-64-49-30-26-43(27-31-49)58-62-63-59(65-58)48-39-46(44-28-32-52-50-22-17-19-24-54(50)60(5,34-11-7-2)56(52)41-44)38-47(40-48)45-29-33-53-51-23-18-20-25-55(51)61(35-12-8-3,36-13-9-4)57(53)42-45/h2-4,17-20,22-33,38-42H,6,10,14-16,21,37H2,1,5H3. The molecule has 0 saturated heterocycles. The fraction of sp³-hybridized carbons (Fsp3) is 0.180. The van der Waals surface area contributed by atoms with Crippen LogP contribution in [0.3, 0.4) is 0 Å². The number of fused-ring (bicyclic) bond motifs is 6. The van der Waals surface area contributed by atoms with Crippen LogP contribution in [0, 0.1) is 72.6 Å². The van der Waals surface area contributed by atoms with E-state index in [1.807, 2.05) is 42.5 Å². The van der Waals surface area contributed by atoms with Crippen LogP contribution in [-0.2, 0) is 10.8 Å². The highest BCUT2D eigenvalue weighted by Gasteiger charge is 2.42. The van der Waals surface area contributed by atoms with Crippen molar-refractivity contribution in [1.29, 1.82) is 0 Å². The van der Waals surface area contributed by atoms with E-state index in [0.717, 1.165) is 90.1 Å². The van der Waals surface area contributed by atoms with Crippen molar-refractivity contribution in [2.24, 2.45) is 0 Å². The van der Waals surface area contributed by atoms with Crippen LogP contribution < -0.4 is 4.74 Å². The van der Waals surface area contributed by atoms with Crippen molar-refractivity contribution in [2.75, 3.05) is 6.61 Å². The first kappa shape index (κ1) is 41.9. The molecule has 6 aromatic carbocycles. The molecule has 0 aliphatic heterocycles. The normalized spacial score (nSPS) is 14.2. The van der Waals surface area contributed by atoms with E-state index in [1.165, 1.54) is 32.1 Å². The molecule has 1 atom stereocenters. The molecule has 0 spiro atoms. The zero-order valence-corrected chi connectivity index (χ0v) is 36.5. The number of hydrogen-bond donors (Lipinski definition) is 0. The Labute approximate surface area is 382 Å². The molecule has 4 nitrogen and oxygen atoms in total. The number of unbranched alkanes of at least 4 members (excludes halogenated alkanes) is 5. The smallest absolute Gasteiger partial charge is 0.248 e. The summed E-state index contributed by atoms with van der Waals surface area (Å²) in [5, 5.41) is 9.13. The summed E-state index contributed by atoms with van der Waals surface area (Å²) in [7, 11) is 0. The lowest BCUT2D eigenvalue weighted by Gasteiger charge is -2.21. The molecule has 2 aliphatic rings. The number of hydrogen-bond acceptors (Lipinski definition) is 4. The van der Waals surface area contributed by atoms with E-state index >= 15 is 0 Å². The number of rotatable bonds is 12. The van der Waals surface area contributed by atoms with Gasteiger partial charge in [0.05, 0.1) is 12.0 Å². The van der Waals surface area contributed by atoms with Crippen molar-refractivity contribution in [1.82, 2.24) is 10.2 Å². The Hall–Kier alpha value is -8.38. The summed E-state index contributed by atoms with van der Waals surface area (Å²) in [5.74, 6) is 27.9. The van der Waals surface area contributed by atoms with Crippen LogP contribution in [-0.4, -0.2) is 16.8 Å². The van der Waals surface area contributed by atoms with Crippen LogP contribution in [0.2, 0.25) is 0 Å². The quantitative estimate of drug-likeness (QED) is 0.0909. The van der Waals surface area contributed by atoms with Crippen LogP contribution in [0.4, 0.5) is 0 Å². The van der Waals surface area contributed by atoms with Gasteiger partial charge in [-0.25, -0.2) is 0 Å². The number of terminal acetylenes is 3. The van der Waals surface area contributed by atoms with E-state index in [0.29, 0.717) is 18.4 Å². The van der Waals surface area contributed by atoms with E-state index < -0.39 is 10.8 Å². The molecule has 1 heterocycles. The Morgan fingerprint density at radius 3 is 1.66 bits per heavy atom. The average Bonchev–Trinajstić information content (AvgIpc) is 4.03. The molecule has 65 heavy (non-hydrogen) atoms. The molecule has 7 aromatic rings. The first-order valence-electron chi connectivity index (χ1n) is 22.1. The highest BCUT2D eigenvalue weighted by atomic mass is 16.5. The van der Waals surface area contributed by atoms with Crippen molar-refractivity contribution in [3.63, 3.8) is 0 Å². The first-order chi connectivity index (χ1) is 31.9. The zero-order valence-electron chi connectivity index (χ0n) is 36.5. The fourth-order valence-electron chi connectivity index (χ4n) is 9.29. The second-order valence-electron chi connectivity index (χ2n) is 16.5. The molecule has 4 heteroatoms. The van der Waals surface area contributed by atoms with Crippen LogP contribution >= 0.6 is 0 Å². The summed E-state index contributed by atoms with van der Waals surface area (Å²) >= 11 is 0. The molecule has 0 fully saturated rings. The van der Waals surface area contributed by atoms with Crippen molar-refractivity contribution >= 4 is 0 Å². The van der Waals surface area contributed by atoms with Gasteiger partial charge in [0.2, 0.25) is 11.8 Å². The molecule has 9 rings (SSSR count). The number of benzene rings is 6. The van der Waals surface area contributed by atoms with Crippen LogP contribution in [0.5, 0.6) is 5.75 Å². The third-order valence-corrected chi connectivity index (χ3v) is 12.5.